The first-order valence-electron chi connectivity index (χ1n) is 12.4. The maximum absolute atomic E-state index is 14.0. The molecule has 2 aliphatic rings. The normalized spacial score (nSPS) is 18.5. The minimum atomic E-state index is -0.650. The number of hydrogen-bond donors (Lipinski definition) is 1. The predicted octanol–water partition coefficient (Wildman–Crippen LogP) is 6.43. The maximum atomic E-state index is 14.0. The van der Waals surface area contributed by atoms with Gasteiger partial charge in [-0.3, -0.25) is 9.59 Å². The molecule has 1 fully saturated rings. The summed E-state index contributed by atoms with van der Waals surface area (Å²) in [4.78, 5) is 34.1. The summed E-state index contributed by atoms with van der Waals surface area (Å²) in [6.07, 6.45) is 3.82. The Kier molecular flexibility index (Phi) is 6.67. The number of carbonyl (C=O) groups is 2. The first-order chi connectivity index (χ1) is 17.3. The number of rotatable bonds is 7. The third kappa shape index (κ3) is 4.44. The van der Waals surface area contributed by atoms with Gasteiger partial charge in [0.25, 0.3) is 5.91 Å². The molecule has 7 heteroatoms. The van der Waals surface area contributed by atoms with Crippen LogP contribution >= 0.6 is 11.3 Å². The Hall–Kier alpha value is -3.45. The van der Waals surface area contributed by atoms with Crippen molar-refractivity contribution in [1.29, 1.82) is 0 Å². The number of amides is 1. The highest BCUT2D eigenvalue weighted by Crippen LogP contribution is 2.44. The van der Waals surface area contributed by atoms with E-state index in [-0.39, 0.29) is 23.5 Å². The van der Waals surface area contributed by atoms with E-state index in [9.17, 15) is 14.7 Å². The molecule has 0 saturated heterocycles. The van der Waals surface area contributed by atoms with Crippen molar-refractivity contribution in [2.75, 3.05) is 0 Å². The van der Waals surface area contributed by atoms with Crippen LogP contribution in [0.25, 0.3) is 10.6 Å². The summed E-state index contributed by atoms with van der Waals surface area (Å²) in [5.74, 6) is -0.542. The zero-order valence-corrected chi connectivity index (χ0v) is 21.5. The van der Waals surface area contributed by atoms with Gasteiger partial charge in [0.05, 0.1) is 28.3 Å². The fraction of sp³-hybridized carbons (Fsp3) is 0.345. The van der Waals surface area contributed by atoms with Crippen LogP contribution in [0.5, 0.6) is 5.75 Å². The molecule has 0 bridgehead atoms. The number of ether oxygens (including phenoxy) is 1. The maximum Gasteiger partial charge on any atom is 0.290 e. The summed E-state index contributed by atoms with van der Waals surface area (Å²) in [5.41, 5.74) is 2.44. The lowest BCUT2D eigenvalue weighted by Crippen LogP contribution is -2.38. The minimum absolute atomic E-state index is 0.0102. The Morgan fingerprint density at radius 3 is 2.39 bits per heavy atom. The SMILES string of the molecule is Cc1nc(-c2ccccc2)sc1C(=O)C1=C(O)C(=O)N(C2CCCC2)C1c1ccc(OC(C)C)cc1. The summed E-state index contributed by atoms with van der Waals surface area (Å²) >= 11 is 1.30. The van der Waals surface area contributed by atoms with Crippen molar-refractivity contribution in [3.8, 4) is 16.3 Å². The number of nitrogens with zero attached hydrogens (tertiary/aromatic N) is 2. The molecule has 1 aromatic heterocycles. The number of thiazole rings is 1. The molecule has 1 aliphatic heterocycles. The molecular formula is C29H30N2O4S. The van der Waals surface area contributed by atoms with Gasteiger partial charge in [0, 0.05) is 11.6 Å². The van der Waals surface area contributed by atoms with Crippen LogP contribution in [0, 0.1) is 6.92 Å². The zero-order valence-electron chi connectivity index (χ0n) is 20.7. The second-order valence-electron chi connectivity index (χ2n) is 9.68. The van der Waals surface area contributed by atoms with E-state index in [4.69, 9.17) is 4.74 Å². The smallest absolute Gasteiger partial charge is 0.290 e. The molecule has 1 aliphatic carbocycles. The largest absolute Gasteiger partial charge is 0.503 e. The van der Waals surface area contributed by atoms with E-state index < -0.39 is 17.7 Å². The first kappa shape index (κ1) is 24.3. The lowest BCUT2D eigenvalue weighted by molar-refractivity contribution is -0.131. The van der Waals surface area contributed by atoms with E-state index >= 15 is 0 Å². The molecule has 1 N–H and O–H groups in total. The van der Waals surface area contributed by atoms with Crippen LogP contribution < -0.4 is 4.74 Å². The Morgan fingerprint density at radius 1 is 1.08 bits per heavy atom. The minimum Gasteiger partial charge on any atom is -0.503 e. The quantitative estimate of drug-likeness (QED) is 0.377. The topological polar surface area (TPSA) is 79.7 Å². The fourth-order valence-electron chi connectivity index (χ4n) is 5.18. The zero-order chi connectivity index (χ0) is 25.4. The van der Waals surface area contributed by atoms with Crippen LogP contribution in [0.15, 0.2) is 65.9 Å². The number of benzene rings is 2. The van der Waals surface area contributed by atoms with Gasteiger partial charge < -0.3 is 14.7 Å². The van der Waals surface area contributed by atoms with Gasteiger partial charge >= 0.3 is 0 Å². The van der Waals surface area contributed by atoms with Gasteiger partial charge in [0.1, 0.15) is 10.8 Å². The number of aliphatic hydroxyl groups excluding tert-OH is 1. The Labute approximate surface area is 215 Å². The number of hydrogen-bond acceptors (Lipinski definition) is 6. The van der Waals surface area contributed by atoms with Gasteiger partial charge in [-0.25, -0.2) is 4.98 Å². The van der Waals surface area contributed by atoms with Gasteiger partial charge in [0.15, 0.2) is 5.76 Å². The fourth-order valence-corrected chi connectivity index (χ4v) is 6.20. The van der Waals surface area contributed by atoms with E-state index in [0.717, 1.165) is 47.6 Å². The molecule has 0 radical (unpaired) electrons. The van der Waals surface area contributed by atoms with Crippen molar-refractivity contribution in [3.05, 3.63) is 82.1 Å². The van der Waals surface area contributed by atoms with Gasteiger partial charge in [-0.05, 0) is 51.3 Å². The van der Waals surface area contributed by atoms with Crippen molar-refractivity contribution in [3.63, 3.8) is 0 Å². The Morgan fingerprint density at radius 2 is 1.75 bits per heavy atom. The van der Waals surface area contributed by atoms with Crippen molar-refractivity contribution >= 4 is 23.0 Å². The number of carbonyl (C=O) groups excluding carboxylic acids is 2. The van der Waals surface area contributed by atoms with Crippen LogP contribution in [0.4, 0.5) is 0 Å². The molecule has 2 aromatic carbocycles. The summed E-state index contributed by atoms with van der Waals surface area (Å²) in [6, 6.07) is 16.5. The monoisotopic (exact) mass is 502 g/mol. The predicted molar refractivity (Wildman–Crippen MR) is 140 cm³/mol. The number of aromatic nitrogens is 1. The van der Waals surface area contributed by atoms with Crippen LogP contribution in [0.3, 0.4) is 0 Å². The number of aliphatic hydroxyl groups is 1. The summed E-state index contributed by atoms with van der Waals surface area (Å²) in [5, 5.41) is 11.8. The molecule has 6 nitrogen and oxygen atoms in total. The molecule has 3 aromatic rings. The van der Waals surface area contributed by atoms with Crippen molar-refractivity contribution in [2.45, 2.75) is 64.6 Å². The van der Waals surface area contributed by atoms with Gasteiger partial charge in [-0.2, -0.15) is 0 Å². The number of ketones is 1. The molecule has 1 saturated carbocycles. The van der Waals surface area contributed by atoms with Crippen molar-refractivity contribution in [1.82, 2.24) is 9.88 Å². The molecule has 36 heavy (non-hydrogen) atoms. The first-order valence-corrected chi connectivity index (χ1v) is 13.3. The van der Waals surface area contributed by atoms with E-state index in [1.807, 2.05) is 68.4 Å². The summed E-state index contributed by atoms with van der Waals surface area (Å²) < 4.78 is 5.79. The lowest BCUT2D eigenvalue weighted by Gasteiger charge is -2.32. The van der Waals surface area contributed by atoms with Crippen molar-refractivity contribution in [2.24, 2.45) is 0 Å². The molecule has 0 spiro atoms. The van der Waals surface area contributed by atoms with Crippen LogP contribution in [0.1, 0.15) is 66.5 Å². The second kappa shape index (κ2) is 9.90. The highest BCUT2D eigenvalue weighted by molar-refractivity contribution is 7.17. The molecule has 186 valence electrons. The van der Waals surface area contributed by atoms with E-state index in [0.29, 0.717) is 10.6 Å². The molecule has 2 heterocycles. The number of aryl methyl sites for hydroxylation is 1. The third-order valence-electron chi connectivity index (χ3n) is 6.80. The van der Waals surface area contributed by atoms with Gasteiger partial charge in [0.2, 0.25) is 5.78 Å². The summed E-state index contributed by atoms with van der Waals surface area (Å²) in [6.45, 7) is 5.72. The molecule has 1 amide bonds. The Balaban J connectivity index is 1.56. The average Bonchev–Trinajstić information content (AvgIpc) is 3.59. The van der Waals surface area contributed by atoms with Crippen molar-refractivity contribution < 1.29 is 19.4 Å². The van der Waals surface area contributed by atoms with Gasteiger partial charge in [-0.1, -0.05) is 55.3 Å². The van der Waals surface area contributed by atoms with E-state index in [1.165, 1.54) is 11.3 Å². The van der Waals surface area contributed by atoms with E-state index in [1.54, 1.807) is 11.8 Å². The molecular weight excluding hydrogens is 472 g/mol. The summed E-state index contributed by atoms with van der Waals surface area (Å²) in [7, 11) is 0. The lowest BCUT2D eigenvalue weighted by atomic mass is 9.94. The highest BCUT2D eigenvalue weighted by atomic mass is 32.1. The van der Waals surface area contributed by atoms with Crippen LogP contribution in [0.2, 0.25) is 0 Å². The van der Waals surface area contributed by atoms with E-state index in [2.05, 4.69) is 4.98 Å². The second-order valence-corrected chi connectivity index (χ2v) is 10.7. The van der Waals surface area contributed by atoms with Crippen LogP contribution in [-0.4, -0.2) is 38.8 Å². The average molecular weight is 503 g/mol. The van der Waals surface area contributed by atoms with Crippen LogP contribution in [-0.2, 0) is 4.79 Å². The molecule has 5 rings (SSSR count). The number of Topliss-reactive ketones (excluding diaryl/α,β-unsaturated/α-hetero) is 1. The molecule has 1 atom stereocenters. The Bertz CT molecular complexity index is 1300. The molecule has 1 unspecified atom stereocenters. The third-order valence-corrected chi connectivity index (χ3v) is 8.00. The van der Waals surface area contributed by atoms with Gasteiger partial charge in [-0.15, -0.1) is 11.3 Å². The highest BCUT2D eigenvalue weighted by Gasteiger charge is 2.47. The standard InChI is InChI=1S/C29H30N2O4S/c1-17(2)35-22-15-13-19(14-16-22)24-23(26(33)29(34)31(24)21-11-7-8-12-21)25(32)27-18(3)30-28(36-27)20-9-5-4-6-10-20/h4-6,9-10,13-17,21,24,33H,7-8,11-12H2,1-3H3.